The van der Waals surface area contributed by atoms with E-state index >= 15 is 0 Å². The van der Waals surface area contributed by atoms with Crippen molar-refractivity contribution in [3.63, 3.8) is 0 Å². The maximum absolute atomic E-state index is 12.8. The molecule has 0 fully saturated rings. The van der Waals surface area contributed by atoms with Gasteiger partial charge < -0.3 is 4.74 Å². The third-order valence-corrected chi connectivity index (χ3v) is 6.65. The molecule has 25 heavy (non-hydrogen) atoms. The van der Waals surface area contributed by atoms with Gasteiger partial charge in [0.1, 0.15) is 11.4 Å². The molecule has 1 N–H and O–H groups in total. The maximum Gasteiger partial charge on any atom is 0.214 e. The molecular weight excluding hydrogens is 334 g/mol. The first-order chi connectivity index (χ1) is 11.8. The average molecular weight is 359 g/mol. The molecule has 3 rings (SSSR count). The predicted octanol–water partition coefficient (Wildman–Crippen LogP) is 3.32. The summed E-state index contributed by atoms with van der Waals surface area (Å²) >= 11 is 0. The Kier molecular flexibility index (Phi) is 4.89. The molecule has 0 aromatic heterocycles. The van der Waals surface area contributed by atoms with E-state index in [1.165, 1.54) is 0 Å². The van der Waals surface area contributed by atoms with Crippen molar-refractivity contribution in [2.75, 3.05) is 0 Å². The zero-order valence-corrected chi connectivity index (χ0v) is 15.7. The van der Waals surface area contributed by atoms with Crippen molar-refractivity contribution in [2.45, 2.75) is 50.5 Å². The Morgan fingerprint density at radius 3 is 2.48 bits per heavy atom. The first-order valence-corrected chi connectivity index (χ1v) is 10.1. The summed E-state index contributed by atoms with van der Waals surface area (Å²) < 4.78 is 34.6. The highest BCUT2D eigenvalue weighted by Crippen LogP contribution is 2.33. The van der Waals surface area contributed by atoms with E-state index < -0.39 is 20.9 Å². The van der Waals surface area contributed by atoms with Crippen LogP contribution in [-0.4, -0.2) is 25.3 Å². The Labute approximate surface area is 150 Å². The first-order valence-electron chi connectivity index (χ1n) is 8.60. The van der Waals surface area contributed by atoms with Gasteiger partial charge in [0.2, 0.25) is 10.0 Å². The van der Waals surface area contributed by atoms with Crippen molar-refractivity contribution in [2.24, 2.45) is 0 Å². The van der Waals surface area contributed by atoms with Gasteiger partial charge in [0.15, 0.2) is 0 Å². The minimum absolute atomic E-state index is 0.300. The van der Waals surface area contributed by atoms with Gasteiger partial charge in [0, 0.05) is 0 Å². The molecule has 2 aromatic rings. The minimum atomic E-state index is -3.46. The lowest BCUT2D eigenvalue weighted by Crippen LogP contribution is -2.57. The van der Waals surface area contributed by atoms with Crippen LogP contribution in [0.25, 0.3) is 0 Å². The predicted molar refractivity (Wildman–Crippen MR) is 100 cm³/mol. The standard InChI is InChI=1S/C20H25NO3S/c1-15(13-16-9-5-4-6-10-16)25(22,23)21-19-14-17-11-7-8-12-18(17)24-20(19,2)3/h4-12,15,19,21H,13-14H2,1-3H3. The molecule has 0 aliphatic carbocycles. The van der Waals surface area contributed by atoms with Gasteiger partial charge in [-0.15, -0.1) is 0 Å². The summed E-state index contributed by atoms with van der Waals surface area (Å²) in [5, 5.41) is -0.511. The van der Waals surface area contributed by atoms with Crippen LogP contribution in [-0.2, 0) is 22.9 Å². The Bertz CT molecular complexity index is 831. The molecule has 1 aliphatic heterocycles. The highest BCUT2D eigenvalue weighted by Gasteiger charge is 2.40. The van der Waals surface area contributed by atoms with E-state index in [2.05, 4.69) is 4.72 Å². The van der Waals surface area contributed by atoms with Gasteiger partial charge in [-0.25, -0.2) is 13.1 Å². The molecule has 0 saturated carbocycles. The van der Waals surface area contributed by atoms with E-state index in [1.54, 1.807) is 6.92 Å². The summed E-state index contributed by atoms with van der Waals surface area (Å²) in [6, 6.07) is 17.2. The van der Waals surface area contributed by atoms with E-state index in [9.17, 15) is 8.42 Å². The summed E-state index contributed by atoms with van der Waals surface area (Å²) in [4.78, 5) is 0. The normalized spacial score (nSPS) is 20.4. The number of nitrogens with one attached hydrogen (secondary N) is 1. The molecule has 0 saturated heterocycles. The lowest BCUT2D eigenvalue weighted by molar-refractivity contribution is 0.0574. The second kappa shape index (κ2) is 6.81. The summed E-state index contributed by atoms with van der Waals surface area (Å²) in [5.41, 5.74) is 1.45. The van der Waals surface area contributed by atoms with Gasteiger partial charge in [-0.3, -0.25) is 0 Å². The van der Waals surface area contributed by atoms with Crippen LogP contribution in [0.4, 0.5) is 0 Å². The quantitative estimate of drug-likeness (QED) is 0.891. The van der Waals surface area contributed by atoms with Gasteiger partial charge in [-0.2, -0.15) is 0 Å². The second-order valence-corrected chi connectivity index (χ2v) is 9.36. The SMILES string of the molecule is CC(Cc1ccccc1)S(=O)(=O)NC1Cc2ccccc2OC1(C)C. The van der Waals surface area contributed by atoms with E-state index in [-0.39, 0.29) is 6.04 Å². The highest BCUT2D eigenvalue weighted by atomic mass is 32.2. The Morgan fingerprint density at radius 1 is 1.12 bits per heavy atom. The monoisotopic (exact) mass is 359 g/mol. The van der Waals surface area contributed by atoms with Crippen LogP contribution in [0, 0.1) is 0 Å². The largest absolute Gasteiger partial charge is 0.486 e. The van der Waals surface area contributed by atoms with Crippen molar-refractivity contribution in [1.82, 2.24) is 4.72 Å². The summed E-state index contributed by atoms with van der Waals surface area (Å²) in [7, 11) is -3.46. The molecule has 4 nitrogen and oxygen atoms in total. The van der Waals surface area contributed by atoms with E-state index in [1.807, 2.05) is 68.4 Å². The molecule has 2 atom stereocenters. The fraction of sp³-hybridized carbons (Fsp3) is 0.400. The van der Waals surface area contributed by atoms with Crippen LogP contribution in [0.3, 0.4) is 0 Å². The van der Waals surface area contributed by atoms with Gasteiger partial charge in [-0.1, -0.05) is 48.5 Å². The van der Waals surface area contributed by atoms with Crippen molar-refractivity contribution in [1.29, 1.82) is 0 Å². The molecule has 2 unspecified atom stereocenters. The van der Waals surface area contributed by atoms with Crippen LogP contribution >= 0.6 is 0 Å². The number of hydrogen-bond donors (Lipinski definition) is 1. The molecule has 0 spiro atoms. The summed E-state index contributed by atoms with van der Waals surface area (Å²) in [5.74, 6) is 0.834. The Balaban J connectivity index is 1.76. The van der Waals surface area contributed by atoms with Crippen LogP contribution in [0.2, 0.25) is 0 Å². The third-order valence-electron chi connectivity index (χ3n) is 4.81. The van der Waals surface area contributed by atoms with Gasteiger partial charge >= 0.3 is 0 Å². The van der Waals surface area contributed by atoms with Crippen LogP contribution in [0.15, 0.2) is 54.6 Å². The van der Waals surface area contributed by atoms with Crippen LogP contribution < -0.4 is 9.46 Å². The average Bonchev–Trinajstić information content (AvgIpc) is 2.56. The maximum atomic E-state index is 12.8. The topological polar surface area (TPSA) is 55.4 Å². The second-order valence-electron chi connectivity index (χ2n) is 7.23. The highest BCUT2D eigenvalue weighted by molar-refractivity contribution is 7.90. The number of ether oxygens (including phenoxy) is 1. The lowest BCUT2D eigenvalue weighted by atomic mass is 9.89. The molecule has 1 aliphatic rings. The van der Waals surface area contributed by atoms with Gasteiger partial charge in [0.25, 0.3) is 0 Å². The molecule has 2 aromatic carbocycles. The van der Waals surface area contributed by atoms with Gasteiger partial charge in [-0.05, 0) is 50.8 Å². The molecule has 5 heteroatoms. The lowest BCUT2D eigenvalue weighted by Gasteiger charge is -2.40. The minimum Gasteiger partial charge on any atom is -0.486 e. The molecule has 1 heterocycles. The number of hydrogen-bond acceptors (Lipinski definition) is 3. The first kappa shape index (κ1) is 18.0. The molecule has 0 radical (unpaired) electrons. The van der Waals surface area contributed by atoms with E-state index in [0.29, 0.717) is 12.8 Å². The van der Waals surface area contributed by atoms with Crippen molar-refractivity contribution >= 4 is 10.0 Å². The Hall–Kier alpha value is -1.85. The van der Waals surface area contributed by atoms with Crippen molar-refractivity contribution < 1.29 is 13.2 Å². The van der Waals surface area contributed by atoms with Gasteiger partial charge in [0.05, 0.1) is 11.3 Å². The molecular formula is C20H25NO3S. The van der Waals surface area contributed by atoms with E-state index in [4.69, 9.17) is 4.74 Å². The number of rotatable bonds is 5. The number of para-hydroxylation sites is 1. The Morgan fingerprint density at radius 2 is 1.76 bits per heavy atom. The third kappa shape index (κ3) is 4.05. The molecule has 0 amide bonds. The van der Waals surface area contributed by atoms with Crippen LogP contribution in [0.1, 0.15) is 31.9 Å². The fourth-order valence-electron chi connectivity index (χ4n) is 3.15. The zero-order valence-electron chi connectivity index (χ0n) is 14.9. The molecule has 0 bridgehead atoms. The van der Waals surface area contributed by atoms with Crippen molar-refractivity contribution in [3.05, 3.63) is 65.7 Å². The number of benzene rings is 2. The smallest absolute Gasteiger partial charge is 0.214 e. The van der Waals surface area contributed by atoms with Crippen molar-refractivity contribution in [3.8, 4) is 5.75 Å². The fourth-order valence-corrected chi connectivity index (χ4v) is 4.55. The summed E-state index contributed by atoms with van der Waals surface area (Å²) in [6.45, 7) is 5.61. The zero-order chi connectivity index (χ0) is 18.1. The number of sulfonamides is 1. The number of fused-ring (bicyclic) bond motifs is 1. The van der Waals surface area contributed by atoms with Crippen LogP contribution in [0.5, 0.6) is 5.75 Å². The van der Waals surface area contributed by atoms with E-state index in [0.717, 1.165) is 16.9 Å². The molecule has 134 valence electrons. The summed E-state index contributed by atoms with van der Waals surface area (Å²) in [6.07, 6.45) is 1.11.